The summed E-state index contributed by atoms with van der Waals surface area (Å²) in [7, 11) is 1.55. The maximum Gasteiger partial charge on any atom is 0.300 e. The van der Waals surface area contributed by atoms with Gasteiger partial charge in [-0.05, 0) is 60.5 Å². The number of hydrogen-bond acceptors (Lipinski definition) is 5. The van der Waals surface area contributed by atoms with Crippen molar-refractivity contribution in [1.29, 1.82) is 0 Å². The van der Waals surface area contributed by atoms with E-state index in [0.29, 0.717) is 22.6 Å². The van der Waals surface area contributed by atoms with Gasteiger partial charge in [0.1, 0.15) is 11.5 Å². The van der Waals surface area contributed by atoms with E-state index in [9.17, 15) is 14.7 Å². The molecule has 0 aliphatic carbocycles. The van der Waals surface area contributed by atoms with Crippen molar-refractivity contribution in [3.63, 3.8) is 0 Å². The quantitative estimate of drug-likeness (QED) is 0.406. The second-order valence-electron chi connectivity index (χ2n) is 7.02. The van der Waals surface area contributed by atoms with Crippen LogP contribution in [0.2, 0.25) is 0 Å². The molecular formula is C24H20N2O4. The number of aromatic nitrogens is 1. The third-order valence-corrected chi connectivity index (χ3v) is 5.09. The maximum absolute atomic E-state index is 13.0. The van der Waals surface area contributed by atoms with Gasteiger partial charge in [0.25, 0.3) is 11.7 Å². The normalized spacial score (nSPS) is 17.9. The summed E-state index contributed by atoms with van der Waals surface area (Å²) in [6, 6.07) is 16.7. The molecule has 1 aliphatic heterocycles. The summed E-state index contributed by atoms with van der Waals surface area (Å²) >= 11 is 0. The van der Waals surface area contributed by atoms with E-state index >= 15 is 0 Å². The highest BCUT2D eigenvalue weighted by molar-refractivity contribution is 6.51. The van der Waals surface area contributed by atoms with Crippen molar-refractivity contribution < 1.29 is 19.4 Å². The van der Waals surface area contributed by atoms with E-state index in [1.54, 1.807) is 62.0 Å². The number of aliphatic hydroxyl groups is 1. The average Bonchev–Trinajstić information content (AvgIpc) is 3.04. The molecule has 1 amide bonds. The molecule has 3 aromatic rings. The number of aryl methyl sites for hydroxylation is 1. The van der Waals surface area contributed by atoms with Gasteiger partial charge in [0.15, 0.2) is 0 Å². The minimum Gasteiger partial charge on any atom is -0.507 e. The zero-order chi connectivity index (χ0) is 21.3. The van der Waals surface area contributed by atoms with Gasteiger partial charge in [-0.3, -0.25) is 19.5 Å². The van der Waals surface area contributed by atoms with Gasteiger partial charge in [-0.15, -0.1) is 0 Å². The number of pyridine rings is 1. The number of hydrogen-bond donors (Lipinski definition) is 1. The highest BCUT2D eigenvalue weighted by Crippen LogP contribution is 2.42. The van der Waals surface area contributed by atoms with Gasteiger partial charge in [0, 0.05) is 23.6 Å². The fourth-order valence-corrected chi connectivity index (χ4v) is 3.63. The first kappa shape index (κ1) is 19.4. The summed E-state index contributed by atoms with van der Waals surface area (Å²) in [4.78, 5) is 31.6. The Morgan fingerprint density at radius 2 is 1.83 bits per heavy atom. The van der Waals surface area contributed by atoms with Crippen LogP contribution in [-0.4, -0.2) is 28.9 Å². The standard InChI is InChI=1S/C24H20N2O4/c1-15-5-3-7-18(13-15)26-21(17-6-4-12-25-14-17)20(23(28)24(26)29)22(27)16-8-10-19(30-2)11-9-16/h3-14,21,27H,1-2H3/b22-20+. The summed E-state index contributed by atoms with van der Waals surface area (Å²) in [5.74, 6) is -1.04. The SMILES string of the molecule is COc1ccc(/C(O)=C2\C(=O)C(=O)N(c3cccc(C)c3)C2c2cccnc2)cc1. The van der Waals surface area contributed by atoms with Gasteiger partial charge in [0.2, 0.25) is 0 Å². The van der Waals surface area contributed by atoms with Crippen LogP contribution in [0.15, 0.2) is 78.6 Å². The predicted octanol–water partition coefficient (Wildman–Crippen LogP) is 4.02. The van der Waals surface area contributed by atoms with Gasteiger partial charge < -0.3 is 9.84 Å². The fraction of sp³-hybridized carbons (Fsp3) is 0.125. The molecule has 1 N–H and O–H groups in total. The molecule has 1 aliphatic rings. The molecule has 6 nitrogen and oxygen atoms in total. The Hall–Kier alpha value is -3.93. The first-order valence-corrected chi connectivity index (χ1v) is 9.43. The van der Waals surface area contributed by atoms with Crippen molar-refractivity contribution in [3.8, 4) is 5.75 Å². The Labute approximate surface area is 174 Å². The first-order valence-electron chi connectivity index (χ1n) is 9.43. The van der Waals surface area contributed by atoms with Crippen LogP contribution >= 0.6 is 0 Å². The van der Waals surface area contributed by atoms with E-state index in [4.69, 9.17) is 4.74 Å². The maximum atomic E-state index is 13.0. The topological polar surface area (TPSA) is 79.7 Å². The Morgan fingerprint density at radius 3 is 2.47 bits per heavy atom. The van der Waals surface area contributed by atoms with Gasteiger partial charge in [-0.1, -0.05) is 18.2 Å². The Kier molecular flexibility index (Phi) is 5.06. The Morgan fingerprint density at radius 1 is 1.07 bits per heavy atom. The molecule has 0 bridgehead atoms. The van der Waals surface area contributed by atoms with Crippen molar-refractivity contribution in [2.45, 2.75) is 13.0 Å². The number of anilines is 1. The lowest BCUT2D eigenvalue weighted by Crippen LogP contribution is -2.29. The molecule has 0 spiro atoms. The van der Waals surface area contributed by atoms with E-state index in [1.165, 1.54) is 4.90 Å². The number of carbonyl (C=O) groups excluding carboxylic acids is 2. The van der Waals surface area contributed by atoms with Gasteiger partial charge in [-0.2, -0.15) is 0 Å². The number of benzene rings is 2. The van der Waals surface area contributed by atoms with Gasteiger partial charge in [-0.25, -0.2) is 0 Å². The molecule has 150 valence electrons. The summed E-state index contributed by atoms with van der Waals surface area (Å²) in [6.07, 6.45) is 3.21. The lowest BCUT2D eigenvalue weighted by Gasteiger charge is -2.25. The lowest BCUT2D eigenvalue weighted by molar-refractivity contribution is -0.132. The van der Waals surface area contributed by atoms with Crippen molar-refractivity contribution in [2.24, 2.45) is 0 Å². The lowest BCUT2D eigenvalue weighted by atomic mass is 9.96. The molecule has 1 saturated heterocycles. The number of amides is 1. The molecule has 1 atom stereocenters. The third kappa shape index (κ3) is 3.33. The van der Waals surface area contributed by atoms with E-state index < -0.39 is 17.7 Å². The predicted molar refractivity (Wildman–Crippen MR) is 113 cm³/mol. The number of ether oxygens (including phenoxy) is 1. The van der Waals surface area contributed by atoms with Crippen LogP contribution in [0.4, 0.5) is 5.69 Å². The molecule has 30 heavy (non-hydrogen) atoms. The molecule has 6 heteroatoms. The fourth-order valence-electron chi connectivity index (χ4n) is 3.63. The third-order valence-electron chi connectivity index (χ3n) is 5.09. The summed E-state index contributed by atoms with van der Waals surface area (Å²) < 4.78 is 5.15. The number of rotatable bonds is 4. The van der Waals surface area contributed by atoms with Crippen LogP contribution in [0.5, 0.6) is 5.75 Å². The highest BCUT2D eigenvalue weighted by Gasteiger charge is 2.47. The van der Waals surface area contributed by atoms with Gasteiger partial charge >= 0.3 is 0 Å². The molecule has 4 rings (SSSR count). The minimum absolute atomic E-state index is 0.0275. The van der Waals surface area contributed by atoms with E-state index in [-0.39, 0.29) is 11.3 Å². The molecule has 1 unspecified atom stereocenters. The Balaban J connectivity index is 1.92. The van der Waals surface area contributed by atoms with Crippen LogP contribution in [0.3, 0.4) is 0 Å². The number of Topliss-reactive ketones (excluding diaryl/α,β-unsaturated/α-hetero) is 1. The molecular weight excluding hydrogens is 380 g/mol. The van der Waals surface area contributed by atoms with Crippen molar-refractivity contribution in [2.75, 3.05) is 12.0 Å². The van der Waals surface area contributed by atoms with E-state index in [2.05, 4.69) is 4.98 Å². The minimum atomic E-state index is -0.789. The smallest absolute Gasteiger partial charge is 0.300 e. The molecule has 2 heterocycles. The van der Waals surface area contributed by atoms with Crippen molar-refractivity contribution in [1.82, 2.24) is 4.98 Å². The van der Waals surface area contributed by atoms with Crippen LogP contribution in [0.1, 0.15) is 22.7 Å². The monoisotopic (exact) mass is 400 g/mol. The largest absolute Gasteiger partial charge is 0.507 e. The first-order chi connectivity index (χ1) is 14.5. The van der Waals surface area contributed by atoms with Crippen molar-refractivity contribution >= 4 is 23.1 Å². The van der Waals surface area contributed by atoms with Crippen LogP contribution in [0, 0.1) is 6.92 Å². The molecule has 0 radical (unpaired) electrons. The molecule has 2 aromatic carbocycles. The Bertz CT molecular complexity index is 1140. The number of methoxy groups -OCH3 is 1. The number of ketones is 1. The molecule has 1 fully saturated rings. The zero-order valence-electron chi connectivity index (χ0n) is 16.6. The number of carbonyl (C=O) groups is 2. The number of aliphatic hydroxyl groups excluding tert-OH is 1. The van der Waals surface area contributed by atoms with Crippen LogP contribution < -0.4 is 9.64 Å². The average molecular weight is 400 g/mol. The summed E-state index contributed by atoms with van der Waals surface area (Å²) in [5.41, 5.74) is 2.62. The van der Waals surface area contributed by atoms with E-state index in [0.717, 1.165) is 5.56 Å². The van der Waals surface area contributed by atoms with Gasteiger partial charge in [0.05, 0.1) is 18.7 Å². The zero-order valence-corrected chi connectivity index (χ0v) is 16.6. The van der Waals surface area contributed by atoms with Crippen LogP contribution in [0.25, 0.3) is 5.76 Å². The summed E-state index contributed by atoms with van der Waals surface area (Å²) in [6.45, 7) is 1.91. The number of nitrogens with zero attached hydrogens (tertiary/aromatic N) is 2. The second-order valence-corrected chi connectivity index (χ2v) is 7.02. The molecule has 0 saturated carbocycles. The van der Waals surface area contributed by atoms with E-state index in [1.807, 2.05) is 25.1 Å². The van der Waals surface area contributed by atoms with Crippen LogP contribution in [-0.2, 0) is 9.59 Å². The van der Waals surface area contributed by atoms with Crippen molar-refractivity contribution in [3.05, 3.63) is 95.3 Å². The second kappa shape index (κ2) is 7.83. The highest BCUT2D eigenvalue weighted by atomic mass is 16.5. The summed E-state index contributed by atoms with van der Waals surface area (Å²) in [5, 5.41) is 11.0. The molecule has 1 aromatic heterocycles.